The van der Waals surface area contributed by atoms with E-state index in [1.165, 1.54) is 0 Å². The van der Waals surface area contributed by atoms with Gasteiger partial charge in [0.05, 0.1) is 10.2 Å². The number of nitrogens with zero attached hydrogens (tertiary/aromatic N) is 1. The zero-order valence-corrected chi connectivity index (χ0v) is 17.7. The molecule has 0 spiro atoms. The van der Waals surface area contributed by atoms with Crippen molar-refractivity contribution in [2.45, 2.75) is 37.9 Å². The number of hydrogen-bond acceptors (Lipinski definition) is 6. The van der Waals surface area contributed by atoms with Gasteiger partial charge in [0.2, 0.25) is 0 Å². The summed E-state index contributed by atoms with van der Waals surface area (Å²) in [7, 11) is 0. The molecule has 0 saturated carbocycles. The Morgan fingerprint density at radius 3 is 2.06 bits per heavy atom. The van der Waals surface area contributed by atoms with E-state index >= 15 is 0 Å². The van der Waals surface area contributed by atoms with Crippen LogP contribution in [0.1, 0.15) is 25.7 Å². The van der Waals surface area contributed by atoms with Gasteiger partial charge in [0.1, 0.15) is 17.2 Å². The molecule has 2 aromatic carbocycles. The molecule has 0 aliphatic carbocycles. The molecule has 2 N–H and O–H groups in total. The highest BCUT2D eigenvalue weighted by atomic mass is 32.1. The Morgan fingerprint density at radius 1 is 0.903 bits per heavy atom. The number of thiazole rings is 1. The van der Waals surface area contributed by atoms with Gasteiger partial charge in [-0.05, 0) is 56.0 Å². The molecule has 8 heteroatoms. The van der Waals surface area contributed by atoms with E-state index in [2.05, 4.69) is 10.6 Å². The molecule has 7 nitrogen and oxygen atoms in total. The average Bonchev–Trinajstić information content (AvgIpc) is 3.55. The van der Waals surface area contributed by atoms with Gasteiger partial charge in [-0.3, -0.25) is 9.59 Å². The normalized spacial score (nSPS) is 20.8. The predicted octanol–water partition coefficient (Wildman–Crippen LogP) is 4.20. The average molecular weight is 438 g/mol. The fourth-order valence-corrected chi connectivity index (χ4v) is 4.86. The zero-order valence-electron chi connectivity index (χ0n) is 16.9. The maximum atomic E-state index is 12.6. The van der Waals surface area contributed by atoms with Crippen molar-refractivity contribution in [2.24, 2.45) is 0 Å². The van der Waals surface area contributed by atoms with Crippen LogP contribution in [0.25, 0.3) is 20.8 Å². The summed E-state index contributed by atoms with van der Waals surface area (Å²) < 4.78 is 12.1. The fraction of sp³-hybridized carbons (Fsp3) is 0.348. The van der Waals surface area contributed by atoms with Crippen molar-refractivity contribution in [1.82, 2.24) is 4.98 Å². The molecule has 2 atom stereocenters. The van der Waals surface area contributed by atoms with Crippen molar-refractivity contribution in [1.29, 1.82) is 0 Å². The largest absolute Gasteiger partial charge is 0.368 e. The second-order valence-corrected chi connectivity index (χ2v) is 8.80. The van der Waals surface area contributed by atoms with Gasteiger partial charge in [-0.15, -0.1) is 11.3 Å². The summed E-state index contributed by atoms with van der Waals surface area (Å²) in [5.41, 5.74) is 2.94. The lowest BCUT2D eigenvalue weighted by molar-refractivity contribution is -0.125. The van der Waals surface area contributed by atoms with Crippen molar-refractivity contribution in [3.63, 3.8) is 0 Å². The molecule has 31 heavy (non-hydrogen) atoms. The van der Waals surface area contributed by atoms with Crippen molar-refractivity contribution in [2.75, 3.05) is 23.8 Å². The van der Waals surface area contributed by atoms with Gasteiger partial charge < -0.3 is 20.1 Å². The molecule has 0 unspecified atom stereocenters. The number of carbonyl (C=O) groups is 2. The summed E-state index contributed by atoms with van der Waals surface area (Å²) in [5.74, 6) is -0.342. The van der Waals surface area contributed by atoms with Crippen LogP contribution in [0.2, 0.25) is 0 Å². The third-order valence-electron chi connectivity index (χ3n) is 5.45. The van der Waals surface area contributed by atoms with Gasteiger partial charge in [-0.2, -0.15) is 0 Å². The molecule has 1 aromatic heterocycles. The summed E-state index contributed by atoms with van der Waals surface area (Å²) in [4.78, 5) is 29.9. The van der Waals surface area contributed by atoms with E-state index in [0.717, 1.165) is 33.6 Å². The van der Waals surface area contributed by atoms with Gasteiger partial charge in [0.15, 0.2) is 0 Å². The summed E-state index contributed by atoms with van der Waals surface area (Å²) in [6.45, 7) is 1.21. The number of benzene rings is 2. The third kappa shape index (κ3) is 4.46. The van der Waals surface area contributed by atoms with E-state index in [1.54, 1.807) is 17.4 Å². The van der Waals surface area contributed by atoms with Crippen LogP contribution < -0.4 is 10.6 Å². The Balaban J connectivity index is 1.46. The maximum absolute atomic E-state index is 12.6. The highest BCUT2D eigenvalue weighted by Gasteiger charge is 2.25. The lowest BCUT2D eigenvalue weighted by Gasteiger charge is -2.15. The standard InChI is InChI=1S/C23H23N3O4S/c27-21(18-6-3-9-29-18)24-15-11-14(23-26-17-5-1-2-8-20(17)31-23)12-16(13-15)25-22(28)19-7-4-10-30-19/h1-2,5,8,11-13,18-19H,3-4,6-7,9-10H2,(H,24,27)(H,25,28)/t18-,19-/m1/s1. The van der Waals surface area contributed by atoms with Crippen LogP contribution in [-0.2, 0) is 19.1 Å². The van der Waals surface area contributed by atoms with E-state index in [0.29, 0.717) is 37.4 Å². The molecule has 160 valence electrons. The molecule has 2 aliphatic rings. The fourth-order valence-electron chi connectivity index (χ4n) is 3.91. The molecule has 5 rings (SSSR count). The van der Waals surface area contributed by atoms with Crippen molar-refractivity contribution >= 4 is 44.7 Å². The van der Waals surface area contributed by atoms with E-state index in [4.69, 9.17) is 14.5 Å². The second kappa shape index (κ2) is 8.74. The quantitative estimate of drug-likeness (QED) is 0.625. The lowest BCUT2D eigenvalue weighted by atomic mass is 10.1. The Morgan fingerprint density at radius 2 is 1.52 bits per heavy atom. The molecule has 0 bridgehead atoms. The first-order valence-corrected chi connectivity index (χ1v) is 11.3. The number of amides is 2. The SMILES string of the molecule is O=C(Nc1cc(NC(=O)[C@H]2CCCO2)cc(-c2nc3ccccc3s2)c1)[C@H]1CCCO1. The van der Waals surface area contributed by atoms with Crippen molar-refractivity contribution in [3.05, 3.63) is 42.5 Å². The number of carbonyl (C=O) groups excluding carboxylic acids is 2. The van der Waals surface area contributed by atoms with Crippen LogP contribution in [0.5, 0.6) is 0 Å². The molecule has 3 aromatic rings. The summed E-state index contributed by atoms with van der Waals surface area (Å²) >= 11 is 1.57. The molecule has 2 amide bonds. The Labute approximate surface area is 183 Å². The molecule has 0 radical (unpaired) electrons. The van der Waals surface area contributed by atoms with Crippen molar-refractivity contribution < 1.29 is 19.1 Å². The number of fused-ring (bicyclic) bond motifs is 1. The Bertz CT molecular complexity index is 1040. The van der Waals surface area contributed by atoms with Crippen LogP contribution in [0.15, 0.2) is 42.5 Å². The Hall–Kier alpha value is -2.81. The second-order valence-electron chi connectivity index (χ2n) is 7.77. The smallest absolute Gasteiger partial charge is 0.253 e. The zero-order chi connectivity index (χ0) is 21.2. The van der Waals surface area contributed by atoms with Gasteiger partial charge in [0.25, 0.3) is 11.8 Å². The summed E-state index contributed by atoms with van der Waals surface area (Å²) in [6.07, 6.45) is 2.32. The van der Waals surface area contributed by atoms with E-state index in [9.17, 15) is 9.59 Å². The number of anilines is 2. The van der Waals surface area contributed by atoms with Gasteiger partial charge in [-0.25, -0.2) is 4.98 Å². The number of nitrogens with one attached hydrogen (secondary N) is 2. The van der Waals surface area contributed by atoms with Gasteiger partial charge >= 0.3 is 0 Å². The number of ether oxygens (including phenoxy) is 2. The third-order valence-corrected chi connectivity index (χ3v) is 6.54. The highest BCUT2D eigenvalue weighted by molar-refractivity contribution is 7.21. The summed E-state index contributed by atoms with van der Waals surface area (Å²) in [5, 5.41) is 6.70. The molecule has 2 fully saturated rings. The van der Waals surface area contributed by atoms with E-state index in [-0.39, 0.29) is 11.8 Å². The van der Waals surface area contributed by atoms with Gasteiger partial charge in [0, 0.05) is 30.2 Å². The van der Waals surface area contributed by atoms with Crippen LogP contribution >= 0.6 is 11.3 Å². The van der Waals surface area contributed by atoms with Gasteiger partial charge in [-0.1, -0.05) is 12.1 Å². The lowest BCUT2D eigenvalue weighted by Crippen LogP contribution is -2.28. The van der Waals surface area contributed by atoms with E-state index in [1.807, 2.05) is 36.4 Å². The minimum atomic E-state index is -0.434. The number of para-hydroxylation sites is 1. The molecule has 2 saturated heterocycles. The molecule has 3 heterocycles. The number of aromatic nitrogens is 1. The first-order chi connectivity index (χ1) is 15.2. The van der Waals surface area contributed by atoms with Crippen LogP contribution in [0.3, 0.4) is 0 Å². The van der Waals surface area contributed by atoms with Crippen LogP contribution in [-0.4, -0.2) is 42.2 Å². The Kier molecular flexibility index (Phi) is 5.67. The van der Waals surface area contributed by atoms with Crippen LogP contribution in [0.4, 0.5) is 11.4 Å². The topological polar surface area (TPSA) is 89.6 Å². The summed E-state index contributed by atoms with van der Waals surface area (Å²) in [6, 6.07) is 13.5. The minimum absolute atomic E-state index is 0.171. The maximum Gasteiger partial charge on any atom is 0.253 e. The van der Waals surface area contributed by atoms with Crippen molar-refractivity contribution in [3.8, 4) is 10.6 Å². The molecular formula is C23H23N3O4S. The molecule has 2 aliphatic heterocycles. The van der Waals surface area contributed by atoms with E-state index < -0.39 is 12.2 Å². The highest BCUT2D eigenvalue weighted by Crippen LogP contribution is 2.34. The first-order valence-electron chi connectivity index (χ1n) is 10.5. The number of rotatable bonds is 5. The predicted molar refractivity (Wildman–Crippen MR) is 120 cm³/mol. The number of hydrogen-bond donors (Lipinski definition) is 2. The monoisotopic (exact) mass is 437 g/mol. The minimum Gasteiger partial charge on any atom is -0.368 e. The first kappa shape index (κ1) is 20.1. The molecular weight excluding hydrogens is 414 g/mol. The van der Waals surface area contributed by atoms with Crippen LogP contribution in [0, 0.1) is 0 Å².